The number of fused-ring (bicyclic) bond motifs is 1. The monoisotopic (exact) mass is 479 g/mol. The molecule has 0 spiro atoms. The summed E-state index contributed by atoms with van der Waals surface area (Å²) in [4.78, 5) is 0. The standard InChI is InChI=1S/C28H46FNO4/c1-5-6-7-8-9-10-11-12-13-14-19-31-27-26-25(33-28(3,4)34-26)24(32-27)21(2)30-20-22-15-17-23(29)18-16-22/h15-18,21,24-27,30H,5-14,19-20H2,1-4H3/t21-,24+,25-,26-,27-/m0/s1. The first kappa shape index (κ1) is 27.5. The Kier molecular flexibility index (Phi) is 11.2. The van der Waals surface area contributed by atoms with E-state index >= 15 is 0 Å². The van der Waals surface area contributed by atoms with E-state index in [9.17, 15) is 4.39 Å². The highest BCUT2D eigenvalue weighted by Gasteiger charge is 2.56. The van der Waals surface area contributed by atoms with Crippen molar-refractivity contribution in [2.75, 3.05) is 6.61 Å². The predicted molar refractivity (Wildman–Crippen MR) is 133 cm³/mol. The Morgan fingerprint density at radius 1 is 0.912 bits per heavy atom. The summed E-state index contributed by atoms with van der Waals surface area (Å²) in [6, 6.07) is 6.59. The second kappa shape index (κ2) is 13.9. The van der Waals surface area contributed by atoms with Crippen LogP contribution < -0.4 is 5.32 Å². The molecule has 2 aliphatic heterocycles. The summed E-state index contributed by atoms with van der Waals surface area (Å²) in [6.45, 7) is 9.55. The fourth-order valence-electron chi connectivity index (χ4n) is 4.91. The number of hydrogen-bond acceptors (Lipinski definition) is 5. The molecule has 2 aliphatic rings. The van der Waals surface area contributed by atoms with Crippen molar-refractivity contribution < 1.29 is 23.3 Å². The molecule has 2 heterocycles. The zero-order chi connectivity index (χ0) is 24.4. The van der Waals surface area contributed by atoms with E-state index < -0.39 is 12.1 Å². The fourth-order valence-corrected chi connectivity index (χ4v) is 4.91. The van der Waals surface area contributed by atoms with Gasteiger partial charge in [0.05, 0.1) is 0 Å². The number of ether oxygens (including phenoxy) is 4. The van der Waals surface area contributed by atoms with Crippen LogP contribution in [0.1, 0.15) is 97.5 Å². The average molecular weight is 480 g/mol. The highest BCUT2D eigenvalue weighted by Crippen LogP contribution is 2.40. The summed E-state index contributed by atoms with van der Waals surface area (Å²) in [5.41, 5.74) is 1.03. The van der Waals surface area contributed by atoms with Gasteiger partial charge in [0, 0.05) is 19.2 Å². The molecule has 0 unspecified atom stereocenters. The zero-order valence-corrected chi connectivity index (χ0v) is 21.7. The molecule has 0 bridgehead atoms. The van der Waals surface area contributed by atoms with Gasteiger partial charge in [-0.05, 0) is 44.9 Å². The first-order valence-corrected chi connectivity index (χ1v) is 13.5. The van der Waals surface area contributed by atoms with E-state index in [0.717, 1.165) is 12.0 Å². The van der Waals surface area contributed by atoms with Crippen LogP contribution in [0.5, 0.6) is 0 Å². The first-order valence-electron chi connectivity index (χ1n) is 13.5. The molecule has 194 valence electrons. The second-order valence-electron chi connectivity index (χ2n) is 10.4. The molecular weight excluding hydrogens is 433 g/mol. The number of nitrogens with one attached hydrogen (secondary N) is 1. The largest absolute Gasteiger partial charge is 0.350 e. The van der Waals surface area contributed by atoms with E-state index in [4.69, 9.17) is 18.9 Å². The molecule has 3 rings (SSSR count). The van der Waals surface area contributed by atoms with E-state index in [-0.39, 0.29) is 30.2 Å². The SMILES string of the molecule is CCCCCCCCCCCCO[C@H]1O[C@H]([C@H](C)NCc2ccc(F)cc2)[C@@H]2OC(C)(C)O[C@H]12. The lowest BCUT2D eigenvalue weighted by atomic mass is 10.0. The van der Waals surface area contributed by atoms with Gasteiger partial charge in [-0.2, -0.15) is 0 Å². The summed E-state index contributed by atoms with van der Waals surface area (Å²) in [5, 5.41) is 3.49. The Morgan fingerprint density at radius 2 is 1.50 bits per heavy atom. The molecule has 5 atom stereocenters. The van der Waals surface area contributed by atoms with Gasteiger partial charge in [0.15, 0.2) is 12.1 Å². The van der Waals surface area contributed by atoms with Crippen molar-refractivity contribution in [1.29, 1.82) is 0 Å². The van der Waals surface area contributed by atoms with Gasteiger partial charge in [0.1, 0.15) is 24.1 Å². The van der Waals surface area contributed by atoms with Crippen molar-refractivity contribution in [3.05, 3.63) is 35.6 Å². The Hall–Kier alpha value is -1.05. The molecule has 2 fully saturated rings. The van der Waals surface area contributed by atoms with E-state index in [2.05, 4.69) is 19.2 Å². The van der Waals surface area contributed by atoms with E-state index in [1.54, 1.807) is 12.1 Å². The van der Waals surface area contributed by atoms with Crippen LogP contribution in [0.15, 0.2) is 24.3 Å². The predicted octanol–water partition coefficient (Wildman–Crippen LogP) is 6.49. The first-order chi connectivity index (χ1) is 16.4. The lowest BCUT2D eigenvalue weighted by molar-refractivity contribution is -0.236. The maximum atomic E-state index is 13.2. The summed E-state index contributed by atoms with van der Waals surface area (Å²) >= 11 is 0. The van der Waals surface area contributed by atoms with E-state index in [1.807, 2.05) is 13.8 Å². The minimum Gasteiger partial charge on any atom is -0.350 e. The zero-order valence-electron chi connectivity index (χ0n) is 21.7. The van der Waals surface area contributed by atoms with Crippen molar-refractivity contribution in [3.8, 4) is 0 Å². The van der Waals surface area contributed by atoms with Crippen LogP contribution in [-0.2, 0) is 25.5 Å². The molecule has 2 saturated heterocycles. The van der Waals surface area contributed by atoms with Gasteiger partial charge in [-0.3, -0.25) is 0 Å². The van der Waals surface area contributed by atoms with Gasteiger partial charge in [-0.25, -0.2) is 4.39 Å². The summed E-state index contributed by atoms with van der Waals surface area (Å²) < 4.78 is 37.9. The van der Waals surface area contributed by atoms with Crippen LogP contribution in [0, 0.1) is 5.82 Å². The number of halogens is 1. The van der Waals surface area contributed by atoms with Crippen LogP contribution in [0.2, 0.25) is 0 Å². The van der Waals surface area contributed by atoms with Gasteiger partial charge in [0.2, 0.25) is 0 Å². The molecule has 5 nitrogen and oxygen atoms in total. The smallest absolute Gasteiger partial charge is 0.187 e. The highest BCUT2D eigenvalue weighted by atomic mass is 19.1. The molecular formula is C28H46FNO4. The van der Waals surface area contributed by atoms with Gasteiger partial charge >= 0.3 is 0 Å². The molecule has 0 aromatic heterocycles. The van der Waals surface area contributed by atoms with Crippen LogP contribution in [0.3, 0.4) is 0 Å². The maximum Gasteiger partial charge on any atom is 0.187 e. The molecule has 34 heavy (non-hydrogen) atoms. The Labute approximate surface area is 206 Å². The Bertz CT molecular complexity index is 698. The van der Waals surface area contributed by atoms with Gasteiger partial charge in [-0.1, -0.05) is 76.8 Å². The normalized spacial score (nSPS) is 26.6. The number of unbranched alkanes of at least 4 members (excludes halogenated alkanes) is 9. The summed E-state index contributed by atoms with van der Waals surface area (Å²) in [7, 11) is 0. The molecule has 0 saturated carbocycles. The third-order valence-corrected chi connectivity index (χ3v) is 6.86. The quantitative estimate of drug-likeness (QED) is 0.275. The lowest BCUT2D eigenvalue weighted by Gasteiger charge is -2.27. The van der Waals surface area contributed by atoms with Gasteiger partial charge < -0.3 is 24.3 Å². The third-order valence-electron chi connectivity index (χ3n) is 6.86. The second-order valence-corrected chi connectivity index (χ2v) is 10.4. The Morgan fingerprint density at radius 3 is 2.15 bits per heavy atom. The van der Waals surface area contributed by atoms with Crippen molar-refractivity contribution in [2.45, 2.75) is 135 Å². The highest BCUT2D eigenvalue weighted by molar-refractivity contribution is 5.16. The van der Waals surface area contributed by atoms with E-state index in [0.29, 0.717) is 13.2 Å². The number of benzene rings is 1. The summed E-state index contributed by atoms with van der Waals surface area (Å²) in [6.07, 6.45) is 12.0. The van der Waals surface area contributed by atoms with Crippen LogP contribution in [0.4, 0.5) is 4.39 Å². The minimum absolute atomic E-state index is 0.0287. The maximum absolute atomic E-state index is 13.2. The number of hydrogen-bond donors (Lipinski definition) is 1. The van der Waals surface area contributed by atoms with Gasteiger partial charge in [-0.15, -0.1) is 0 Å². The van der Waals surface area contributed by atoms with Crippen molar-refractivity contribution in [2.24, 2.45) is 0 Å². The molecule has 1 N–H and O–H groups in total. The molecule has 6 heteroatoms. The van der Waals surface area contributed by atoms with Crippen molar-refractivity contribution in [1.82, 2.24) is 5.32 Å². The molecule has 0 amide bonds. The van der Waals surface area contributed by atoms with Crippen LogP contribution in [-0.4, -0.2) is 43.0 Å². The summed E-state index contributed by atoms with van der Waals surface area (Å²) in [5.74, 6) is -0.868. The van der Waals surface area contributed by atoms with Crippen molar-refractivity contribution >= 4 is 0 Å². The van der Waals surface area contributed by atoms with Crippen molar-refractivity contribution in [3.63, 3.8) is 0 Å². The lowest BCUT2D eigenvalue weighted by Crippen LogP contribution is -2.44. The Balaban J connectivity index is 1.37. The molecule has 1 aromatic carbocycles. The third kappa shape index (κ3) is 8.56. The molecule has 0 radical (unpaired) electrons. The van der Waals surface area contributed by atoms with E-state index in [1.165, 1.54) is 69.9 Å². The minimum atomic E-state index is -0.646. The molecule has 0 aliphatic carbocycles. The fraction of sp³-hybridized carbons (Fsp3) is 0.786. The number of rotatable bonds is 16. The van der Waals surface area contributed by atoms with Gasteiger partial charge in [0.25, 0.3) is 0 Å². The van der Waals surface area contributed by atoms with Crippen LogP contribution in [0.25, 0.3) is 0 Å². The average Bonchev–Trinajstić information content (AvgIpc) is 3.30. The molecule has 1 aromatic rings. The topological polar surface area (TPSA) is 49.0 Å². The van der Waals surface area contributed by atoms with Crippen LogP contribution >= 0.6 is 0 Å².